The second-order valence-corrected chi connectivity index (χ2v) is 5.44. The maximum absolute atomic E-state index is 12.4. The topological polar surface area (TPSA) is 38.8 Å². The molecule has 5 heteroatoms. The summed E-state index contributed by atoms with van der Waals surface area (Å²) in [5.74, 6) is 0.758. The van der Waals surface area contributed by atoms with Gasteiger partial charge in [-0.05, 0) is 47.7 Å². The number of amides is 1. The number of benzene rings is 1. The molecule has 0 bridgehead atoms. The molecule has 1 aliphatic rings. The van der Waals surface area contributed by atoms with E-state index < -0.39 is 0 Å². The standard InChI is InChI=1S/C13H16INO3/c1-9-8-15(5-6-18-9)13(16)11-7-10(17-2)3-4-12(11)14/h3-4,7,9H,5-6,8H2,1-2H3/t9-/m1/s1. The minimum absolute atomic E-state index is 0.0495. The van der Waals surface area contributed by atoms with E-state index in [-0.39, 0.29) is 12.0 Å². The SMILES string of the molecule is COc1ccc(I)c(C(=O)N2CCO[C@H](C)C2)c1. The molecule has 1 amide bonds. The third-order valence-electron chi connectivity index (χ3n) is 2.93. The van der Waals surface area contributed by atoms with Crippen LogP contribution in [0.4, 0.5) is 0 Å². The Morgan fingerprint density at radius 3 is 3.00 bits per heavy atom. The minimum atomic E-state index is 0.0495. The number of rotatable bonds is 2. The van der Waals surface area contributed by atoms with E-state index in [2.05, 4.69) is 22.6 Å². The average molecular weight is 361 g/mol. The van der Waals surface area contributed by atoms with Crippen molar-refractivity contribution in [2.45, 2.75) is 13.0 Å². The van der Waals surface area contributed by atoms with Crippen LogP contribution in [0.2, 0.25) is 0 Å². The van der Waals surface area contributed by atoms with Gasteiger partial charge in [0.05, 0.1) is 25.4 Å². The number of hydrogen-bond acceptors (Lipinski definition) is 3. The van der Waals surface area contributed by atoms with Crippen LogP contribution in [0.1, 0.15) is 17.3 Å². The molecule has 18 heavy (non-hydrogen) atoms. The third kappa shape index (κ3) is 2.95. The van der Waals surface area contributed by atoms with Crippen molar-refractivity contribution in [3.63, 3.8) is 0 Å². The smallest absolute Gasteiger partial charge is 0.255 e. The van der Waals surface area contributed by atoms with E-state index in [1.165, 1.54) is 0 Å². The Labute approximate surface area is 120 Å². The highest BCUT2D eigenvalue weighted by Crippen LogP contribution is 2.21. The fourth-order valence-electron chi connectivity index (χ4n) is 1.97. The van der Waals surface area contributed by atoms with Crippen molar-refractivity contribution < 1.29 is 14.3 Å². The molecule has 1 atom stereocenters. The molecule has 0 N–H and O–H groups in total. The summed E-state index contributed by atoms with van der Waals surface area (Å²) in [6.45, 7) is 3.88. The summed E-state index contributed by atoms with van der Waals surface area (Å²) >= 11 is 2.18. The van der Waals surface area contributed by atoms with Gasteiger partial charge in [-0.1, -0.05) is 0 Å². The van der Waals surface area contributed by atoms with E-state index in [0.717, 1.165) is 3.57 Å². The molecule has 0 spiro atoms. The van der Waals surface area contributed by atoms with Gasteiger partial charge in [0.1, 0.15) is 5.75 Å². The van der Waals surface area contributed by atoms with Gasteiger partial charge < -0.3 is 14.4 Å². The van der Waals surface area contributed by atoms with Crippen molar-refractivity contribution in [2.75, 3.05) is 26.8 Å². The van der Waals surface area contributed by atoms with Crippen molar-refractivity contribution in [2.24, 2.45) is 0 Å². The molecule has 0 saturated carbocycles. The first-order valence-electron chi connectivity index (χ1n) is 5.86. The van der Waals surface area contributed by atoms with Gasteiger partial charge in [0, 0.05) is 16.7 Å². The molecule has 0 radical (unpaired) electrons. The maximum atomic E-state index is 12.4. The zero-order valence-corrected chi connectivity index (χ0v) is 12.6. The van der Waals surface area contributed by atoms with Crippen molar-refractivity contribution in [3.8, 4) is 5.75 Å². The first kappa shape index (κ1) is 13.6. The Morgan fingerprint density at radius 1 is 1.56 bits per heavy atom. The molecule has 4 nitrogen and oxygen atoms in total. The van der Waals surface area contributed by atoms with Gasteiger partial charge in [0.15, 0.2) is 0 Å². The second kappa shape index (κ2) is 5.88. The molecule has 2 rings (SSSR count). The number of morpholine rings is 1. The number of carbonyl (C=O) groups is 1. The van der Waals surface area contributed by atoms with Crippen LogP contribution in [0, 0.1) is 3.57 Å². The zero-order chi connectivity index (χ0) is 13.1. The van der Waals surface area contributed by atoms with Gasteiger partial charge in [0.2, 0.25) is 0 Å². The van der Waals surface area contributed by atoms with Crippen LogP contribution >= 0.6 is 22.6 Å². The number of halogens is 1. The summed E-state index contributed by atoms with van der Waals surface area (Å²) in [6.07, 6.45) is 0.103. The highest BCUT2D eigenvalue weighted by Gasteiger charge is 2.24. The van der Waals surface area contributed by atoms with Gasteiger partial charge in [-0.15, -0.1) is 0 Å². The highest BCUT2D eigenvalue weighted by atomic mass is 127. The monoisotopic (exact) mass is 361 g/mol. The molecular formula is C13H16INO3. The Balaban J connectivity index is 2.22. The van der Waals surface area contributed by atoms with Crippen molar-refractivity contribution in [1.29, 1.82) is 0 Å². The second-order valence-electron chi connectivity index (χ2n) is 4.28. The summed E-state index contributed by atoms with van der Waals surface area (Å²) in [5.41, 5.74) is 0.698. The van der Waals surface area contributed by atoms with Crippen molar-refractivity contribution in [3.05, 3.63) is 27.3 Å². The van der Waals surface area contributed by atoms with Gasteiger partial charge >= 0.3 is 0 Å². The van der Waals surface area contributed by atoms with Crippen molar-refractivity contribution in [1.82, 2.24) is 4.90 Å². The molecule has 1 aromatic carbocycles. The fourth-order valence-corrected chi connectivity index (χ4v) is 2.53. The molecule has 1 aromatic rings. The molecule has 1 fully saturated rings. The van der Waals surface area contributed by atoms with Crippen LogP contribution in [0.3, 0.4) is 0 Å². The lowest BCUT2D eigenvalue weighted by Gasteiger charge is -2.31. The van der Waals surface area contributed by atoms with E-state index in [1.54, 1.807) is 13.2 Å². The lowest BCUT2D eigenvalue weighted by atomic mass is 10.1. The lowest BCUT2D eigenvalue weighted by molar-refractivity contribution is -0.0124. The summed E-state index contributed by atoms with van der Waals surface area (Å²) in [6, 6.07) is 5.56. The number of hydrogen-bond donors (Lipinski definition) is 0. The Hall–Kier alpha value is -0.820. The summed E-state index contributed by atoms with van der Waals surface area (Å²) in [5, 5.41) is 0. The van der Waals surface area contributed by atoms with Gasteiger partial charge in [-0.25, -0.2) is 0 Å². The van der Waals surface area contributed by atoms with Crippen LogP contribution in [0.25, 0.3) is 0 Å². The van der Waals surface area contributed by atoms with Crippen LogP contribution in [-0.4, -0.2) is 43.7 Å². The predicted molar refractivity (Wildman–Crippen MR) is 77.0 cm³/mol. The zero-order valence-electron chi connectivity index (χ0n) is 10.5. The van der Waals surface area contributed by atoms with E-state index in [1.807, 2.05) is 24.0 Å². The predicted octanol–water partition coefficient (Wildman–Crippen LogP) is 2.16. The minimum Gasteiger partial charge on any atom is -0.497 e. The fraction of sp³-hybridized carbons (Fsp3) is 0.462. The quantitative estimate of drug-likeness (QED) is 0.758. The molecular weight excluding hydrogens is 345 g/mol. The Morgan fingerprint density at radius 2 is 2.33 bits per heavy atom. The number of methoxy groups -OCH3 is 1. The first-order valence-corrected chi connectivity index (χ1v) is 6.94. The molecule has 0 unspecified atom stereocenters. The van der Waals surface area contributed by atoms with E-state index in [0.29, 0.717) is 31.0 Å². The van der Waals surface area contributed by atoms with Gasteiger partial charge in [0.25, 0.3) is 5.91 Å². The first-order chi connectivity index (χ1) is 8.61. The molecule has 0 aromatic heterocycles. The summed E-state index contributed by atoms with van der Waals surface area (Å²) in [4.78, 5) is 14.3. The van der Waals surface area contributed by atoms with Crippen LogP contribution < -0.4 is 4.74 Å². The number of carbonyl (C=O) groups excluding carboxylic acids is 1. The van der Waals surface area contributed by atoms with E-state index in [4.69, 9.17) is 9.47 Å². The summed E-state index contributed by atoms with van der Waals surface area (Å²) < 4.78 is 11.6. The normalized spacial score (nSPS) is 19.7. The van der Waals surface area contributed by atoms with Gasteiger partial charge in [-0.2, -0.15) is 0 Å². The molecule has 1 saturated heterocycles. The largest absolute Gasteiger partial charge is 0.497 e. The molecule has 0 aliphatic carbocycles. The third-order valence-corrected chi connectivity index (χ3v) is 3.87. The molecule has 1 aliphatic heterocycles. The van der Waals surface area contributed by atoms with Crippen molar-refractivity contribution >= 4 is 28.5 Å². The van der Waals surface area contributed by atoms with E-state index >= 15 is 0 Å². The van der Waals surface area contributed by atoms with E-state index in [9.17, 15) is 4.79 Å². The summed E-state index contributed by atoms with van der Waals surface area (Å²) in [7, 11) is 1.60. The highest BCUT2D eigenvalue weighted by molar-refractivity contribution is 14.1. The van der Waals surface area contributed by atoms with Crippen LogP contribution in [-0.2, 0) is 4.74 Å². The Bertz CT molecular complexity index is 450. The molecule has 1 heterocycles. The molecule has 98 valence electrons. The Kier molecular flexibility index (Phi) is 4.45. The number of ether oxygens (including phenoxy) is 2. The van der Waals surface area contributed by atoms with Crippen LogP contribution in [0.5, 0.6) is 5.75 Å². The van der Waals surface area contributed by atoms with Crippen LogP contribution in [0.15, 0.2) is 18.2 Å². The number of nitrogens with zero attached hydrogens (tertiary/aromatic N) is 1. The maximum Gasteiger partial charge on any atom is 0.255 e. The average Bonchev–Trinajstić information content (AvgIpc) is 2.38. The van der Waals surface area contributed by atoms with Gasteiger partial charge in [-0.3, -0.25) is 4.79 Å². The lowest BCUT2D eigenvalue weighted by Crippen LogP contribution is -2.44.